The smallest absolute Gasteiger partial charge is 0.271 e. The van der Waals surface area contributed by atoms with E-state index in [1.807, 2.05) is 0 Å². The molecule has 0 aliphatic rings. The number of nitrogens with zero attached hydrogens (tertiary/aromatic N) is 2. The summed E-state index contributed by atoms with van der Waals surface area (Å²) in [5.74, 6) is -0.800. The number of Topliss-reactive ketones (excluding diaryl/α,β-unsaturated/α-hetero) is 1. The van der Waals surface area contributed by atoms with Crippen LogP contribution < -0.4 is 10.6 Å². The number of amides is 1. The molecule has 0 aliphatic carbocycles. The van der Waals surface area contributed by atoms with E-state index < -0.39 is 10.8 Å². The summed E-state index contributed by atoms with van der Waals surface area (Å²) in [6.45, 7) is 1.43. The molecule has 0 bridgehead atoms. The normalized spacial score (nSPS) is 10.6. The monoisotopic (exact) mass is 384 g/mol. The number of ketones is 1. The number of nitro groups is 1. The van der Waals surface area contributed by atoms with Crippen molar-refractivity contribution in [3.63, 3.8) is 0 Å². The molecule has 0 unspecified atom stereocenters. The Morgan fingerprint density at radius 3 is 2.44 bits per heavy atom. The highest BCUT2D eigenvalue weighted by Crippen LogP contribution is 2.26. The maximum Gasteiger partial charge on any atom is 0.271 e. The average Bonchev–Trinajstić information content (AvgIpc) is 2.63. The third-order valence-electron chi connectivity index (χ3n) is 3.45. The number of nitro benzene ring substituents is 1. The minimum atomic E-state index is -0.692. The first-order valence-corrected chi connectivity index (χ1v) is 7.92. The fraction of sp³-hybridized carbons (Fsp3) is 0.0556. The molecule has 0 atom stereocenters. The van der Waals surface area contributed by atoms with Gasteiger partial charge < -0.3 is 10.6 Å². The van der Waals surface area contributed by atoms with E-state index >= 15 is 0 Å². The number of rotatable bonds is 6. The fourth-order valence-electron chi connectivity index (χ4n) is 2.02. The molecular weight excluding hydrogens is 372 g/mol. The number of anilines is 2. The van der Waals surface area contributed by atoms with Crippen LogP contribution >= 0.6 is 11.6 Å². The van der Waals surface area contributed by atoms with E-state index in [-0.39, 0.29) is 27.8 Å². The van der Waals surface area contributed by atoms with Crippen LogP contribution in [-0.4, -0.2) is 16.6 Å². The number of carbonyl (C=O) groups is 2. The summed E-state index contributed by atoms with van der Waals surface area (Å²) in [6, 6.07) is 11.7. The van der Waals surface area contributed by atoms with Gasteiger partial charge in [-0.15, -0.1) is 0 Å². The zero-order valence-corrected chi connectivity index (χ0v) is 14.8. The molecule has 0 heterocycles. The van der Waals surface area contributed by atoms with Gasteiger partial charge in [-0.25, -0.2) is 0 Å². The van der Waals surface area contributed by atoms with Crippen molar-refractivity contribution in [1.82, 2.24) is 0 Å². The lowest BCUT2D eigenvalue weighted by molar-refractivity contribution is -0.384. The molecule has 2 aromatic rings. The van der Waals surface area contributed by atoms with E-state index in [9.17, 15) is 25.0 Å². The van der Waals surface area contributed by atoms with Crippen LogP contribution in [0.25, 0.3) is 0 Å². The number of non-ortho nitro benzene ring substituents is 1. The number of nitriles is 1. The van der Waals surface area contributed by atoms with Crippen molar-refractivity contribution in [2.75, 3.05) is 10.6 Å². The molecule has 0 radical (unpaired) electrons. The topological polar surface area (TPSA) is 125 Å². The minimum absolute atomic E-state index is 0.108. The number of hydrogen-bond donors (Lipinski definition) is 2. The second kappa shape index (κ2) is 8.60. The molecule has 0 fully saturated rings. The fourth-order valence-corrected chi connectivity index (χ4v) is 2.19. The van der Waals surface area contributed by atoms with Gasteiger partial charge in [0.05, 0.1) is 15.6 Å². The maximum absolute atomic E-state index is 12.2. The van der Waals surface area contributed by atoms with Gasteiger partial charge in [0.25, 0.3) is 11.6 Å². The summed E-state index contributed by atoms with van der Waals surface area (Å²) in [5.41, 5.74) is 0.611. The van der Waals surface area contributed by atoms with Gasteiger partial charge >= 0.3 is 0 Å². The zero-order valence-electron chi connectivity index (χ0n) is 14.0. The molecule has 0 spiro atoms. The molecule has 0 saturated carbocycles. The van der Waals surface area contributed by atoms with E-state index in [4.69, 9.17) is 11.6 Å². The molecular formula is C18H13ClN4O4. The molecule has 0 saturated heterocycles. The SMILES string of the molecule is CC(=O)c1ccc(NC(=O)/C(C#N)=C\Nc2cc([N+](=O)[O-])ccc2Cl)cc1. The highest BCUT2D eigenvalue weighted by atomic mass is 35.5. The maximum atomic E-state index is 12.2. The summed E-state index contributed by atoms with van der Waals surface area (Å²) < 4.78 is 0. The second-order valence-electron chi connectivity index (χ2n) is 5.32. The first-order chi connectivity index (χ1) is 12.8. The lowest BCUT2D eigenvalue weighted by Crippen LogP contribution is -2.14. The third-order valence-corrected chi connectivity index (χ3v) is 3.78. The number of halogens is 1. The van der Waals surface area contributed by atoms with Gasteiger partial charge in [-0.3, -0.25) is 19.7 Å². The van der Waals surface area contributed by atoms with Crippen molar-refractivity contribution in [3.05, 3.63) is 74.9 Å². The third kappa shape index (κ3) is 5.14. The molecule has 0 aromatic heterocycles. The first-order valence-electron chi connectivity index (χ1n) is 7.55. The van der Waals surface area contributed by atoms with E-state index in [1.54, 1.807) is 18.2 Å². The molecule has 8 nitrogen and oxygen atoms in total. The standard InChI is InChI=1S/C18H13ClN4O4/c1-11(24)12-2-4-14(5-3-12)22-18(25)13(9-20)10-21-17-8-15(23(26)27)6-7-16(17)19/h2-8,10,21H,1H3,(H,22,25)/b13-10-. The quantitative estimate of drug-likeness (QED) is 0.256. The molecule has 2 aromatic carbocycles. The van der Waals surface area contributed by atoms with E-state index in [0.29, 0.717) is 11.3 Å². The number of hydrogen-bond acceptors (Lipinski definition) is 6. The van der Waals surface area contributed by atoms with Crippen molar-refractivity contribution in [2.45, 2.75) is 6.92 Å². The number of nitrogens with one attached hydrogen (secondary N) is 2. The highest BCUT2D eigenvalue weighted by molar-refractivity contribution is 6.33. The number of benzene rings is 2. The van der Waals surface area contributed by atoms with Gasteiger partial charge in [-0.05, 0) is 37.3 Å². The van der Waals surface area contributed by atoms with Crippen molar-refractivity contribution in [2.24, 2.45) is 0 Å². The van der Waals surface area contributed by atoms with E-state index in [2.05, 4.69) is 10.6 Å². The molecule has 136 valence electrons. The lowest BCUT2D eigenvalue weighted by atomic mass is 10.1. The summed E-state index contributed by atoms with van der Waals surface area (Å²) >= 11 is 5.95. The Morgan fingerprint density at radius 1 is 1.22 bits per heavy atom. The van der Waals surface area contributed by atoms with E-state index in [1.165, 1.54) is 37.3 Å². The molecule has 2 N–H and O–H groups in total. The van der Waals surface area contributed by atoms with Crippen LogP contribution in [0.3, 0.4) is 0 Å². The second-order valence-corrected chi connectivity index (χ2v) is 5.73. The van der Waals surface area contributed by atoms with Gasteiger partial charge in [-0.1, -0.05) is 11.6 Å². The van der Waals surface area contributed by atoms with Crippen LogP contribution in [-0.2, 0) is 4.79 Å². The Kier molecular flexibility index (Phi) is 6.25. The lowest BCUT2D eigenvalue weighted by Gasteiger charge is -2.07. The van der Waals surface area contributed by atoms with Gasteiger partial charge in [0.15, 0.2) is 5.78 Å². The van der Waals surface area contributed by atoms with Gasteiger partial charge in [0.2, 0.25) is 0 Å². The summed E-state index contributed by atoms with van der Waals surface area (Å²) in [6.07, 6.45) is 1.10. The molecule has 2 rings (SSSR count). The van der Waals surface area contributed by atoms with Gasteiger partial charge in [0, 0.05) is 29.6 Å². The molecule has 27 heavy (non-hydrogen) atoms. The van der Waals surface area contributed by atoms with Gasteiger partial charge in [0.1, 0.15) is 11.6 Å². The van der Waals surface area contributed by atoms with Crippen LogP contribution in [0.2, 0.25) is 5.02 Å². The van der Waals surface area contributed by atoms with Crippen molar-refractivity contribution in [3.8, 4) is 6.07 Å². The van der Waals surface area contributed by atoms with Crippen LogP contribution in [0.5, 0.6) is 0 Å². The molecule has 0 aliphatic heterocycles. The van der Waals surface area contributed by atoms with E-state index in [0.717, 1.165) is 6.20 Å². The largest absolute Gasteiger partial charge is 0.359 e. The predicted octanol–water partition coefficient (Wildman–Crippen LogP) is 3.91. The zero-order chi connectivity index (χ0) is 20.0. The average molecular weight is 385 g/mol. The minimum Gasteiger partial charge on any atom is -0.359 e. The molecule has 9 heteroatoms. The Morgan fingerprint density at radius 2 is 1.89 bits per heavy atom. The summed E-state index contributed by atoms with van der Waals surface area (Å²) in [7, 11) is 0. The van der Waals surface area contributed by atoms with Crippen molar-refractivity contribution >= 4 is 40.4 Å². The van der Waals surface area contributed by atoms with Crippen LogP contribution in [0.4, 0.5) is 17.1 Å². The first kappa shape index (κ1) is 19.6. The van der Waals surface area contributed by atoms with Crippen molar-refractivity contribution in [1.29, 1.82) is 5.26 Å². The predicted molar refractivity (Wildman–Crippen MR) is 101 cm³/mol. The Balaban J connectivity index is 2.15. The Labute approximate surface area is 159 Å². The molecule has 1 amide bonds. The van der Waals surface area contributed by atoms with Gasteiger partial charge in [-0.2, -0.15) is 5.26 Å². The van der Waals surface area contributed by atoms with Crippen LogP contribution in [0.15, 0.2) is 54.2 Å². The summed E-state index contributed by atoms with van der Waals surface area (Å²) in [5, 5.41) is 25.3. The van der Waals surface area contributed by atoms with Crippen LogP contribution in [0.1, 0.15) is 17.3 Å². The van der Waals surface area contributed by atoms with Crippen LogP contribution in [0, 0.1) is 21.4 Å². The summed E-state index contributed by atoms with van der Waals surface area (Å²) in [4.78, 5) is 33.7. The number of carbonyl (C=O) groups excluding carboxylic acids is 2. The Bertz CT molecular complexity index is 978. The van der Waals surface area contributed by atoms with Crippen molar-refractivity contribution < 1.29 is 14.5 Å². The highest BCUT2D eigenvalue weighted by Gasteiger charge is 2.12. The Hall–Kier alpha value is -3.70.